The molecule has 0 fully saturated rings. The van der Waals surface area contributed by atoms with Gasteiger partial charge in [-0.05, 0) is 24.5 Å². The Hall–Kier alpha value is -1.74. The lowest BCUT2D eigenvalue weighted by molar-refractivity contribution is 0.271. The summed E-state index contributed by atoms with van der Waals surface area (Å²) >= 11 is 0. The van der Waals surface area contributed by atoms with Crippen molar-refractivity contribution in [2.24, 2.45) is 0 Å². The molecule has 1 N–H and O–H groups in total. The van der Waals surface area contributed by atoms with E-state index in [0.29, 0.717) is 11.7 Å². The molecule has 3 nitrogen and oxygen atoms in total. The second kappa shape index (κ2) is 5.27. The summed E-state index contributed by atoms with van der Waals surface area (Å²) in [4.78, 5) is 8.50. The fourth-order valence-corrected chi connectivity index (χ4v) is 1.89. The van der Waals surface area contributed by atoms with E-state index in [1.165, 1.54) is 5.56 Å². The van der Waals surface area contributed by atoms with Crippen molar-refractivity contribution in [2.75, 3.05) is 0 Å². The number of nitrogens with zero attached hydrogens (tertiary/aromatic N) is 2. The molecule has 3 heteroatoms. The van der Waals surface area contributed by atoms with Crippen LogP contribution < -0.4 is 0 Å². The number of hydrogen-bond donors (Lipinski definition) is 1. The lowest BCUT2D eigenvalue weighted by atomic mass is 10.0. The Morgan fingerprint density at radius 1 is 1.11 bits per heavy atom. The van der Waals surface area contributed by atoms with E-state index in [2.05, 4.69) is 48.1 Å². The van der Waals surface area contributed by atoms with Gasteiger partial charge in [0.1, 0.15) is 6.61 Å². The van der Waals surface area contributed by atoms with Crippen molar-refractivity contribution in [1.82, 2.24) is 9.97 Å². The number of aryl methyl sites for hydroxylation is 1. The van der Waals surface area contributed by atoms with Gasteiger partial charge in [-0.3, -0.25) is 0 Å². The predicted molar refractivity (Wildman–Crippen MR) is 72.2 cm³/mol. The normalized spacial score (nSPS) is 10.9. The van der Waals surface area contributed by atoms with Crippen molar-refractivity contribution in [1.29, 1.82) is 0 Å². The van der Waals surface area contributed by atoms with Gasteiger partial charge in [0.15, 0.2) is 5.82 Å². The molecule has 0 unspecified atom stereocenters. The largest absolute Gasteiger partial charge is 0.388 e. The van der Waals surface area contributed by atoms with Gasteiger partial charge < -0.3 is 5.11 Å². The van der Waals surface area contributed by atoms with Crippen LogP contribution in [0.4, 0.5) is 0 Å². The van der Waals surface area contributed by atoms with Crippen LogP contribution in [0.15, 0.2) is 30.3 Å². The van der Waals surface area contributed by atoms with Gasteiger partial charge in [0, 0.05) is 11.3 Å². The first kappa shape index (κ1) is 12.7. The minimum absolute atomic E-state index is 0.126. The molecular weight excluding hydrogens is 224 g/mol. The van der Waals surface area contributed by atoms with Crippen LogP contribution in [-0.4, -0.2) is 15.1 Å². The molecular formula is C15H18N2O. The number of aromatic nitrogens is 2. The summed E-state index contributed by atoms with van der Waals surface area (Å²) in [5.74, 6) is 0.997. The standard InChI is InChI=1S/C15H18N2O/c1-10(2)12-4-6-13(7-5-12)14-8-11(3)16-15(9-18)17-14/h4-8,10,18H,9H2,1-3H3. The van der Waals surface area contributed by atoms with Crippen LogP contribution in [-0.2, 0) is 6.61 Å². The topological polar surface area (TPSA) is 46.0 Å². The summed E-state index contributed by atoms with van der Waals surface area (Å²) in [5, 5.41) is 9.13. The van der Waals surface area contributed by atoms with Crippen LogP contribution >= 0.6 is 0 Å². The molecule has 0 aliphatic rings. The van der Waals surface area contributed by atoms with Gasteiger partial charge in [-0.25, -0.2) is 9.97 Å². The maximum Gasteiger partial charge on any atom is 0.154 e. The molecule has 0 aliphatic carbocycles. The molecule has 2 rings (SSSR count). The quantitative estimate of drug-likeness (QED) is 0.899. The molecule has 0 amide bonds. The zero-order valence-electron chi connectivity index (χ0n) is 11.0. The van der Waals surface area contributed by atoms with Crippen LogP contribution in [0.1, 0.15) is 36.8 Å². The first-order chi connectivity index (χ1) is 8.60. The van der Waals surface area contributed by atoms with E-state index in [1.807, 2.05) is 13.0 Å². The first-order valence-electron chi connectivity index (χ1n) is 6.16. The van der Waals surface area contributed by atoms with Crippen LogP contribution in [0.3, 0.4) is 0 Å². The molecule has 1 aromatic carbocycles. The minimum atomic E-state index is -0.126. The minimum Gasteiger partial charge on any atom is -0.388 e. The molecule has 18 heavy (non-hydrogen) atoms. The van der Waals surface area contributed by atoms with Crippen molar-refractivity contribution in [3.63, 3.8) is 0 Å². The van der Waals surface area contributed by atoms with E-state index < -0.39 is 0 Å². The zero-order chi connectivity index (χ0) is 13.1. The number of aliphatic hydroxyl groups excluding tert-OH is 1. The average molecular weight is 242 g/mol. The predicted octanol–water partition coefficient (Wildman–Crippen LogP) is 3.07. The second-order valence-electron chi connectivity index (χ2n) is 4.75. The molecule has 0 bridgehead atoms. The highest BCUT2D eigenvalue weighted by Crippen LogP contribution is 2.21. The summed E-state index contributed by atoms with van der Waals surface area (Å²) < 4.78 is 0. The molecule has 0 aliphatic heterocycles. The zero-order valence-corrected chi connectivity index (χ0v) is 11.0. The Labute approximate surface area is 108 Å². The highest BCUT2D eigenvalue weighted by Gasteiger charge is 2.05. The highest BCUT2D eigenvalue weighted by atomic mass is 16.3. The third-order valence-corrected chi connectivity index (χ3v) is 2.92. The molecule has 1 aromatic heterocycles. The average Bonchev–Trinajstić information content (AvgIpc) is 2.38. The number of benzene rings is 1. The third-order valence-electron chi connectivity index (χ3n) is 2.92. The number of aliphatic hydroxyl groups is 1. The lowest BCUT2D eigenvalue weighted by Gasteiger charge is -2.08. The van der Waals surface area contributed by atoms with Crippen LogP contribution in [0, 0.1) is 6.92 Å². The number of hydrogen-bond acceptors (Lipinski definition) is 3. The fraction of sp³-hybridized carbons (Fsp3) is 0.333. The van der Waals surface area contributed by atoms with Gasteiger partial charge in [0.05, 0.1) is 5.69 Å². The van der Waals surface area contributed by atoms with E-state index in [1.54, 1.807) is 0 Å². The Balaban J connectivity index is 2.39. The Morgan fingerprint density at radius 3 is 2.33 bits per heavy atom. The Kier molecular flexibility index (Phi) is 3.72. The van der Waals surface area contributed by atoms with E-state index in [4.69, 9.17) is 5.11 Å². The van der Waals surface area contributed by atoms with E-state index >= 15 is 0 Å². The molecule has 94 valence electrons. The van der Waals surface area contributed by atoms with Gasteiger partial charge in [-0.15, -0.1) is 0 Å². The molecule has 0 radical (unpaired) electrons. The van der Waals surface area contributed by atoms with Gasteiger partial charge in [0.2, 0.25) is 0 Å². The van der Waals surface area contributed by atoms with Crippen molar-refractivity contribution in [2.45, 2.75) is 33.3 Å². The van der Waals surface area contributed by atoms with Gasteiger partial charge in [-0.1, -0.05) is 38.1 Å². The Morgan fingerprint density at radius 2 is 1.78 bits per heavy atom. The molecule has 0 spiro atoms. The van der Waals surface area contributed by atoms with Crippen molar-refractivity contribution < 1.29 is 5.11 Å². The van der Waals surface area contributed by atoms with Crippen molar-refractivity contribution in [3.05, 3.63) is 47.4 Å². The van der Waals surface area contributed by atoms with Crippen molar-refractivity contribution in [3.8, 4) is 11.3 Å². The van der Waals surface area contributed by atoms with Crippen molar-refractivity contribution >= 4 is 0 Å². The maximum atomic E-state index is 9.13. The van der Waals surface area contributed by atoms with Crippen LogP contribution in [0.25, 0.3) is 11.3 Å². The first-order valence-corrected chi connectivity index (χ1v) is 6.16. The Bertz CT molecular complexity index is 533. The molecule has 0 saturated carbocycles. The van der Waals surface area contributed by atoms with Gasteiger partial charge in [-0.2, -0.15) is 0 Å². The van der Waals surface area contributed by atoms with Crippen LogP contribution in [0.5, 0.6) is 0 Å². The monoisotopic (exact) mass is 242 g/mol. The molecule has 2 aromatic rings. The van der Waals surface area contributed by atoms with Gasteiger partial charge >= 0.3 is 0 Å². The van der Waals surface area contributed by atoms with Gasteiger partial charge in [0.25, 0.3) is 0 Å². The summed E-state index contributed by atoms with van der Waals surface area (Å²) in [6.45, 7) is 6.13. The number of rotatable bonds is 3. The summed E-state index contributed by atoms with van der Waals surface area (Å²) in [7, 11) is 0. The second-order valence-corrected chi connectivity index (χ2v) is 4.75. The van der Waals surface area contributed by atoms with Crippen LogP contribution in [0.2, 0.25) is 0 Å². The summed E-state index contributed by atoms with van der Waals surface area (Å²) in [6, 6.07) is 10.3. The maximum absolute atomic E-state index is 9.13. The van der Waals surface area contributed by atoms with E-state index in [-0.39, 0.29) is 6.61 Å². The highest BCUT2D eigenvalue weighted by molar-refractivity contribution is 5.59. The molecule has 0 atom stereocenters. The SMILES string of the molecule is Cc1cc(-c2ccc(C(C)C)cc2)nc(CO)n1. The van der Waals surface area contributed by atoms with E-state index in [0.717, 1.165) is 17.0 Å². The summed E-state index contributed by atoms with van der Waals surface area (Å²) in [6.07, 6.45) is 0. The molecule has 1 heterocycles. The lowest BCUT2D eigenvalue weighted by Crippen LogP contribution is -1.98. The fourth-order valence-electron chi connectivity index (χ4n) is 1.89. The summed E-state index contributed by atoms with van der Waals surface area (Å²) in [5.41, 5.74) is 4.10. The van der Waals surface area contributed by atoms with E-state index in [9.17, 15) is 0 Å². The third kappa shape index (κ3) is 2.74. The smallest absolute Gasteiger partial charge is 0.154 e. The molecule has 0 saturated heterocycles.